The van der Waals surface area contributed by atoms with E-state index in [4.69, 9.17) is 5.26 Å². The first-order chi connectivity index (χ1) is 9.28. The van der Waals surface area contributed by atoms with Crippen molar-refractivity contribution in [1.82, 2.24) is 9.55 Å². The molecule has 0 saturated heterocycles. The van der Waals surface area contributed by atoms with Crippen molar-refractivity contribution < 1.29 is 0 Å². The Morgan fingerprint density at radius 1 is 1.26 bits per heavy atom. The maximum absolute atomic E-state index is 8.87. The van der Waals surface area contributed by atoms with Crippen LogP contribution in [-0.2, 0) is 6.54 Å². The van der Waals surface area contributed by atoms with E-state index in [1.54, 1.807) is 6.20 Å². The van der Waals surface area contributed by atoms with Gasteiger partial charge in [-0.3, -0.25) is 0 Å². The van der Waals surface area contributed by atoms with E-state index >= 15 is 0 Å². The quantitative estimate of drug-likeness (QED) is 0.724. The molecular formula is C15H10BrN3. The molecule has 1 aromatic carbocycles. The van der Waals surface area contributed by atoms with Crippen LogP contribution >= 0.6 is 15.9 Å². The molecule has 0 bridgehead atoms. The summed E-state index contributed by atoms with van der Waals surface area (Å²) in [5.74, 6) is 0. The van der Waals surface area contributed by atoms with Crippen molar-refractivity contribution in [3.05, 3.63) is 64.5 Å². The average Bonchev–Trinajstić information content (AvgIpc) is 2.84. The first kappa shape index (κ1) is 11.9. The largest absolute Gasteiger partial charge is 0.343 e. The van der Waals surface area contributed by atoms with E-state index in [0.29, 0.717) is 5.69 Å². The van der Waals surface area contributed by atoms with Crippen LogP contribution in [0.15, 0.2) is 53.3 Å². The molecule has 92 valence electrons. The predicted octanol–water partition coefficient (Wildman–Crippen LogP) is 3.72. The molecule has 4 heteroatoms. The molecule has 0 unspecified atom stereocenters. The highest BCUT2D eigenvalue weighted by Crippen LogP contribution is 2.25. The highest BCUT2D eigenvalue weighted by Gasteiger charge is 2.04. The zero-order valence-electron chi connectivity index (χ0n) is 10.0. The van der Waals surface area contributed by atoms with E-state index in [-0.39, 0.29) is 0 Å². The number of fused-ring (bicyclic) bond motifs is 1. The smallest absolute Gasteiger partial charge is 0.140 e. The van der Waals surface area contributed by atoms with Gasteiger partial charge in [-0.1, -0.05) is 22.0 Å². The van der Waals surface area contributed by atoms with Gasteiger partial charge in [-0.15, -0.1) is 0 Å². The number of pyridine rings is 1. The highest BCUT2D eigenvalue weighted by molar-refractivity contribution is 9.10. The number of nitrogens with zero attached hydrogens (tertiary/aromatic N) is 3. The SMILES string of the molecule is N#Cc1cc(Cn2ccc3c(Br)cccc32)ccn1. The standard InChI is InChI=1S/C15H10BrN3/c16-14-2-1-3-15-13(14)5-7-19(15)10-11-4-6-18-12(8-11)9-17/h1-8H,10H2. The average molecular weight is 312 g/mol. The van der Waals surface area contributed by atoms with Crippen LogP contribution < -0.4 is 0 Å². The Kier molecular flexibility index (Phi) is 3.06. The van der Waals surface area contributed by atoms with E-state index in [0.717, 1.165) is 16.6 Å². The Morgan fingerprint density at radius 2 is 2.16 bits per heavy atom. The molecule has 0 radical (unpaired) electrons. The number of hydrogen-bond acceptors (Lipinski definition) is 2. The van der Waals surface area contributed by atoms with Crippen molar-refractivity contribution in [2.45, 2.75) is 6.54 Å². The van der Waals surface area contributed by atoms with Crippen molar-refractivity contribution in [3.8, 4) is 6.07 Å². The Morgan fingerprint density at radius 3 is 3.00 bits per heavy atom. The molecule has 0 aliphatic heterocycles. The van der Waals surface area contributed by atoms with Gasteiger partial charge in [0.1, 0.15) is 11.8 Å². The number of halogens is 1. The fourth-order valence-corrected chi connectivity index (χ4v) is 2.64. The van der Waals surface area contributed by atoms with Crippen molar-refractivity contribution in [2.75, 3.05) is 0 Å². The molecule has 0 aliphatic carbocycles. The van der Waals surface area contributed by atoms with Crippen LogP contribution in [0, 0.1) is 11.3 Å². The summed E-state index contributed by atoms with van der Waals surface area (Å²) in [4.78, 5) is 3.99. The lowest BCUT2D eigenvalue weighted by atomic mass is 10.2. The van der Waals surface area contributed by atoms with Gasteiger partial charge < -0.3 is 4.57 Å². The fourth-order valence-electron chi connectivity index (χ4n) is 2.15. The minimum Gasteiger partial charge on any atom is -0.343 e. The molecule has 3 aromatic rings. The van der Waals surface area contributed by atoms with E-state index in [9.17, 15) is 0 Å². The third-order valence-electron chi connectivity index (χ3n) is 3.05. The lowest BCUT2D eigenvalue weighted by Crippen LogP contribution is -1.98. The van der Waals surface area contributed by atoms with Gasteiger partial charge in [-0.05, 0) is 35.9 Å². The summed E-state index contributed by atoms with van der Waals surface area (Å²) in [5.41, 5.74) is 2.70. The van der Waals surface area contributed by atoms with Crippen LogP contribution in [0.3, 0.4) is 0 Å². The summed E-state index contributed by atoms with van der Waals surface area (Å²) in [5, 5.41) is 10.1. The van der Waals surface area contributed by atoms with Gasteiger partial charge in [0.25, 0.3) is 0 Å². The summed E-state index contributed by atoms with van der Waals surface area (Å²) in [6, 6.07) is 14.1. The Hall–Kier alpha value is -2.12. The van der Waals surface area contributed by atoms with Crippen molar-refractivity contribution in [1.29, 1.82) is 5.26 Å². The second-order valence-electron chi connectivity index (χ2n) is 4.28. The van der Waals surface area contributed by atoms with Crippen LogP contribution in [0.1, 0.15) is 11.3 Å². The number of benzene rings is 1. The zero-order chi connectivity index (χ0) is 13.2. The molecule has 0 saturated carbocycles. The predicted molar refractivity (Wildman–Crippen MR) is 77.7 cm³/mol. The summed E-state index contributed by atoms with van der Waals surface area (Å²) in [6.45, 7) is 0.733. The van der Waals surface area contributed by atoms with Gasteiger partial charge in [0.2, 0.25) is 0 Å². The fraction of sp³-hybridized carbons (Fsp3) is 0.0667. The van der Waals surface area contributed by atoms with Crippen LogP contribution in [0.4, 0.5) is 0 Å². The Balaban J connectivity index is 2.02. The minimum atomic E-state index is 0.454. The first-order valence-corrected chi connectivity index (χ1v) is 6.65. The van der Waals surface area contributed by atoms with Gasteiger partial charge in [0.15, 0.2) is 0 Å². The summed E-state index contributed by atoms with van der Waals surface area (Å²) < 4.78 is 3.26. The third kappa shape index (κ3) is 2.25. The molecule has 2 aromatic heterocycles. The van der Waals surface area contributed by atoms with Gasteiger partial charge in [0.05, 0.1) is 0 Å². The third-order valence-corrected chi connectivity index (χ3v) is 3.74. The molecule has 0 aliphatic rings. The molecule has 0 spiro atoms. The molecule has 2 heterocycles. The van der Waals surface area contributed by atoms with Crippen LogP contribution in [0.25, 0.3) is 10.9 Å². The molecule has 0 atom stereocenters. The van der Waals surface area contributed by atoms with E-state index in [1.807, 2.05) is 24.3 Å². The summed E-state index contributed by atoms with van der Waals surface area (Å²) in [7, 11) is 0. The van der Waals surface area contributed by atoms with Gasteiger partial charge in [-0.25, -0.2) is 4.98 Å². The maximum atomic E-state index is 8.87. The molecule has 0 N–H and O–H groups in total. The van der Waals surface area contributed by atoms with Gasteiger partial charge >= 0.3 is 0 Å². The van der Waals surface area contributed by atoms with Crippen molar-refractivity contribution in [3.63, 3.8) is 0 Å². The maximum Gasteiger partial charge on any atom is 0.140 e. The van der Waals surface area contributed by atoms with E-state index in [1.165, 1.54) is 10.9 Å². The van der Waals surface area contributed by atoms with Gasteiger partial charge in [-0.2, -0.15) is 5.26 Å². The van der Waals surface area contributed by atoms with Crippen molar-refractivity contribution in [2.24, 2.45) is 0 Å². The Labute approximate surface area is 119 Å². The number of hydrogen-bond donors (Lipinski definition) is 0. The van der Waals surface area contributed by atoms with E-state index in [2.05, 4.69) is 49.9 Å². The first-order valence-electron chi connectivity index (χ1n) is 5.86. The normalized spacial score (nSPS) is 10.5. The molecule has 3 nitrogen and oxygen atoms in total. The number of aromatic nitrogens is 2. The minimum absolute atomic E-state index is 0.454. The number of nitriles is 1. The Bertz CT molecular complexity index is 783. The highest BCUT2D eigenvalue weighted by atomic mass is 79.9. The number of rotatable bonds is 2. The molecule has 19 heavy (non-hydrogen) atoms. The molecule has 0 amide bonds. The van der Waals surface area contributed by atoms with E-state index < -0.39 is 0 Å². The van der Waals surface area contributed by atoms with Crippen LogP contribution in [0.2, 0.25) is 0 Å². The second-order valence-corrected chi connectivity index (χ2v) is 5.13. The molecule has 0 fully saturated rings. The molecule has 3 rings (SSSR count). The summed E-state index contributed by atoms with van der Waals surface area (Å²) >= 11 is 3.55. The lowest BCUT2D eigenvalue weighted by molar-refractivity contribution is 0.834. The van der Waals surface area contributed by atoms with Crippen LogP contribution in [0.5, 0.6) is 0 Å². The topological polar surface area (TPSA) is 41.6 Å². The summed E-state index contributed by atoms with van der Waals surface area (Å²) in [6.07, 6.45) is 3.73. The zero-order valence-corrected chi connectivity index (χ0v) is 11.6. The monoisotopic (exact) mass is 311 g/mol. The van der Waals surface area contributed by atoms with Crippen molar-refractivity contribution >= 4 is 26.8 Å². The van der Waals surface area contributed by atoms with Crippen LogP contribution in [-0.4, -0.2) is 9.55 Å². The lowest BCUT2D eigenvalue weighted by Gasteiger charge is -2.06. The second kappa shape index (κ2) is 4.87. The van der Waals surface area contributed by atoms with Gasteiger partial charge in [0, 0.05) is 34.3 Å². The molecular weight excluding hydrogens is 302 g/mol.